The molecule has 2 rings (SSSR count). The van der Waals surface area contributed by atoms with E-state index >= 15 is 0 Å². The Morgan fingerprint density at radius 2 is 2.28 bits per heavy atom. The van der Waals surface area contributed by atoms with Gasteiger partial charge in [0.2, 0.25) is 0 Å². The molecule has 1 fully saturated rings. The molecule has 5 nitrogen and oxygen atoms in total. The first-order valence-electron chi connectivity index (χ1n) is 6.01. The number of sulfonamides is 1. The van der Waals surface area contributed by atoms with E-state index in [1.807, 2.05) is 0 Å². The summed E-state index contributed by atoms with van der Waals surface area (Å²) in [7, 11) is -1.67. The lowest BCUT2D eigenvalue weighted by Gasteiger charge is -2.30. The van der Waals surface area contributed by atoms with Crippen molar-refractivity contribution in [3.63, 3.8) is 0 Å². The standard InChI is InChI=1S/C11H18ClN3O2S/c1-9-13-11(8-14(9)2)18(16,17)15-5-3-4-10(6-12)7-15/h8,10H,3-7H2,1-2H3. The largest absolute Gasteiger partial charge is 0.337 e. The molecule has 1 aromatic heterocycles. The smallest absolute Gasteiger partial charge is 0.262 e. The Morgan fingerprint density at radius 3 is 2.83 bits per heavy atom. The molecule has 0 spiro atoms. The van der Waals surface area contributed by atoms with E-state index in [1.165, 1.54) is 4.31 Å². The molecule has 1 aliphatic rings. The highest BCUT2D eigenvalue weighted by Gasteiger charge is 2.31. The molecule has 7 heteroatoms. The third-order valence-electron chi connectivity index (χ3n) is 3.39. The molecule has 18 heavy (non-hydrogen) atoms. The fourth-order valence-corrected chi connectivity index (χ4v) is 3.99. The fraction of sp³-hybridized carbons (Fsp3) is 0.727. The first-order chi connectivity index (χ1) is 8.45. The van der Waals surface area contributed by atoms with Crippen LogP contribution in [-0.2, 0) is 17.1 Å². The molecule has 0 saturated carbocycles. The first kappa shape index (κ1) is 13.8. The normalized spacial score (nSPS) is 22.3. The van der Waals surface area contributed by atoms with Crippen molar-refractivity contribution in [2.75, 3.05) is 19.0 Å². The number of aromatic nitrogens is 2. The molecule has 0 bridgehead atoms. The summed E-state index contributed by atoms with van der Waals surface area (Å²) in [5.41, 5.74) is 0. The van der Waals surface area contributed by atoms with Crippen molar-refractivity contribution in [1.29, 1.82) is 0 Å². The van der Waals surface area contributed by atoms with E-state index in [-0.39, 0.29) is 10.9 Å². The van der Waals surface area contributed by atoms with Crippen molar-refractivity contribution in [3.05, 3.63) is 12.0 Å². The molecular formula is C11H18ClN3O2S. The second-order valence-electron chi connectivity index (χ2n) is 4.76. The van der Waals surface area contributed by atoms with Gasteiger partial charge in [0.25, 0.3) is 10.0 Å². The van der Waals surface area contributed by atoms with Crippen LogP contribution in [0.4, 0.5) is 0 Å². The van der Waals surface area contributed by atoms with Gasteiger partial charge in [0.15, 0.2) is 5.03 Å². The molecule has 1 saturated heterocycles. The summed E-state index contributed by atoms with van der Waals surface area (Å²) < 4.78 is 28.1. The second-order valence-corrected chi connectivity index (χ2v) is 6.96. The summed E-state index contributed by atoms with van der Waals surface area (Å²) in [6.45, 7) is 2.85. The number of alkyl halides is 1. The van der Waals surface area contributed by atoms with Crippen molar-refractivity contribution in [2.24, 2.45) is 13.0 Å². The minimum Gasteiger partial charge on any atom is -0.337 e. The van der Waals surface area contributed by atoms with E-state index in [2.05, 4.69) is 4.98 Å². The average molecular weight is 292 g/mol. The number of rotatable bonds is 3. The van der Waals surface area contributed by atoms with Gasteiger partial charge in [-0.1, -0.05) is 0 Å². The van der Waals surface area contributed by atoms with Crippen LogP contribution in [0.3, 0.4) is 0 Å². The van der Waals surface area contributed by atoms with Gasteiger partial charge in [-0.3, -0.25) is 0 Å². The van der Waals surface area contributed by atoms with Crippen LogP contribution in [0.1, 0.15) is 18.7 Å². The van der Waals surface area contributed by atoms with Crippen LogP contribution >= 0.6 is 11.6 Å². The molecule has 1 aliphatic heterocycles. The van der Waals surface area contributed by atoms with Crippen LogP contribution < -0.4 is 0 Å². The summed E-state index contributed by atoms with van der Waals surface area (Å²) in [6, 6.07) is 0. The van der Waals surface area contributed by atoms with Gasteiger partial charge in [-0.2, -0.15) is 4.31 Å². The predicted octanol–water partition coefficient (Wildman–Crippen LogP) is 1.37. The Labute approximate surface area is 113 Å². The maximum atomic E-state index is 12.4. The average Bonchev–Trinajstić information content (AvgIpc) is 2.70. The third kappa shape index (κ3) is 2.55. The van der Waals surface area contributed by atoms with Crippen LogP contribution in [0.5, 0.6) is 0 Å². The Hall–Kier alpha value is -0.590. The van der Waals surface area contributed by atoms with Crippen molar-refractivity contribution in [1.82, 2.24) is 13.9 Å². The fourth-order valence-electron chi connectivity index (χ4n) is 2.15. The van der Waals surface area contributed by atoms with Crippen molar-refractivity contribution < 1.29 is 8.42 Å². The SMILES string of the molecule is Cc1nc(S(=O)(=O)N2CCCC(CCl)C2)cn1C. The topological polar surface area (TPSA) is 55.2 Å². The molecule has 1 atom stereocenters. The van der Waals surface area contributed by atoms with E-state index in [9.17, 15) is 8.42 Å². The summed E-state index contributed by atoms with van der Waals surface area (Å²) in [5, 5.41) is 0.137. The summed E-state index contributed by atoms with van der Waals surface area (Å²) in [5.74, 6) is 1.45. The lowest BCUT2D eigenvalue weighted by molar-refractivity contribution is 0.283. The van der Waals surface area contributed by atoms with Crippen LogP contribution in [0.2, 0.25) is 0 Å². The number of imidazole rings is 1. The summed E-state index contributed by atoms with van der Waals surface area (Å²) in [6.07, 6.45) is 3.42. The highest BCUT2D eigenvalue weighted by atomic mass is 35.5. The van der Waals surface area contributed by atoms with Crippen LogP contribution in [0.15, 0.2) is 11.2 Å². The van der Waals surface area contributed by atoms with E-state index in [4.69, 9.17) is 11.6 Å². The molecule has 2 heterocycles. The van der Waals surface area contributed by atoms with Gasteiger partial charge in [0, 0.05) is 32.2 Å². The Bertz CT molecular complexity index is 507. The van der Waals surface area contributed by atoms with Crippen LogP contribution in [-0.4, -0.2) is 41.2 Å². The molecule has 102 valence electrons. The molecule has 0 amide bonds. The van der Waals surface area contributed by atoms with E-state index in [0.717, 1.165) is 12.8 Å². The number of piperidine rings is 1. The molecule has 1 unspecified atom stereocenters. The molecule has 0 radical (unpaired) electrons. The van der Waals surface area contributed by atoms with Crippen LogP contribution in [0, 0.1) is 12.8 Å². The lowest BCUT2D eigenvalue weighted by atomic mass is 10.0. The zero-order valence-corrected chi connectivity index (χ0v) is 12.2. The van der Waals surface area contributed by atoms with Gasteiger partial charge in [0.05, 0.1) is 0 Å². The Morgan fingerprint density at radius 1 is 1.56 bits per heavy atom. The predicted molar refractivity (Wildman–Crippen MR) is 70.1 cm³/mol. The number of halogens is 1. The number of aryl methyl sites for hydroxylation is 2. The third-order valence-corrected chi connectivity index (χ3v) is 5.56. The van der Waals surface area contributed by atoms with E-state index in [0.29, 0.717) is 24.8 Å². The van der Waals surface area contributed by atoms with Gasteiger partial charge in [-0.25, -0.2) is 13.4 Å². The second kappa shape index (κ2) is 5.19. The zero-order chi connectivity index (χ0) is 13.3. The molecule has 1 aromatic rings. The van der Waals surface area contributed by atoms with Crippen molar-refractivity contribution >= 4 is 21.6 Å². The number of hydrogen-bond donors (Lipinski definition) is 0. The lowest BCUT2D eigenvalue weighted by Crippen LogP contribution is -2.40. The number of hydrogen-bond acceptors (Lipinski definition) is 3. The Kier molecular flexibility index (Phi) is 3.99. The zero-order valence-electron chi connectivity index (χ0n) is 10.6. The maximum Gasteiger partial charge on any atom is 0.262 e. The van der Waals surface area contributed by atoms with Gasteiger partial charge in [-0.05, 0) is 25.7 Å². The van der Waals surface area contributed by atoms with Crippen molar-refractivity contribution in [2.45, 2.75) is 24.8 Å². The number of nitrogens with zero attached hydrogens (tertiary/aromatic N) is 3. The van der Waals surface area contributed by atoms with Gasteiger partial charge in [0.1, 0.15) is 5.82 Å². The summed E-state index contributed by atoms with van der Waals surface area (Å²) >= 11 is 5.83. The summed E-state index contributed by atoms with van der Waals surface area (Å²) in [4.78, 5) is 4.11. The molecule has 0 N–H and O–H groups in total. The molecule has 0 aliphatic carbocycles. The van der Waals surface area contributed by atoms with Crippen LogP contribution in [0.25, 0.3) is 0 Å². The van der Waals surface area contributed by atoms with Gasteiger partial charge >= 0.3 is 0 Å². The highest BCUT2D eigenvalue weighted by molar-refractivity contribution is 7.89. The Balaban J connectivity index is 2.25. The molecule has 0 aromatic carbocycles. The van der Waals surface area contributed by atoms with Gasteiger partial charge in [-0.15, -0.1) is 11.6 Å². The highest BCUT2D eigenvalue weighted by Crippen LogP contribution is 2.23. The van der Waals surface area contributed by atoms with E-state index in [1.54, 1.807) is 24.7 Å². The monoisotopic (exact) mass is 291 g/mol. The van der Waals surface area contributed by atoms with Gasteiger partial charge < -0.3 is 4.57 Å². The first-order valence-corrected chi connectivity index (χ1v) is 7.98. The van der Waals surface area contributed by atoms with E-state index < -0.39 is 10.0 Å². The maximum absolute atomic E-state index is 12.4. The minimum absolute atomic E-state index is 0.137. The minimum atomic E-state index is -3.46. The molecular weight excluding hydrogens is 274 g/mol. The quantitative estimate of drug-likeness (QED) is 0.791. The van der Waals surface area contributed by atoms with Crippen molar-refractivity contribution in [3.8, 4) is 0 Å².